The zero-order chi connectivity index (χ0) is 12.6. The molecule has 0 spiro atoms. The number of fused-ring (bicyclic) bond motifs is 2. The number of allylic oxidation sites excluding steroid dienone is 2. The maximum absolute atomic E-state index is 5.75. The number of rotatable bonds is 4. The highest BCUT2D eigenvalue weighted by Gasteiger charge is 2.36. The Morgan fingerprint density at radius 2 is 2.06 bits per heavy atom. The number of hydrogen-bond acceptors (Lipinski definition) is 1. The van der Waals surface area contributed by atoms with Gasteiger partial charge in [0.2, 0.25) is 0 Å². The highest BCUT2D eigenvalue weighted by Crippen LogP contribution is 2.47. The summed E-state index contributed by atoms with van der Waals surface area (Å²) in [5.41, 5.74) is 4.88. The van der Waals surface area contributed by atoms with Crippen LogP contribution in [0.4, 0.5) is 0 Å². The first kappa shape index (κ1) is 11.6. The summed E-state index contributed by atoms with van der Waals surface area (Å²) in [4.78, 5) is 0. The van der Waals surface area contributed by atoms with E-state index < -0.39 is 0 Å². The van der Waals surface area contributed by atoms with Crippen LogP contribution in [0, 0.1) is 0 Å². The van der Waals surface area contributed by atoms with Crippen LogP contribution < -0.4 is 0 Å². The Labute approximate surface area is 109 Å². The second-order valence-corrected chi connectivity index (χ2v) is 5.64. The summed E-state index contributed by atoms with van der Waals surface area (Å²) < 4.78 is 5.75. The highest BCUT2D eigenvalue weighted by atomic mass is 16.3. The second kappa shape index (κ2) is 4.31. The van der Waals surface area contributed by atoms with Gasteiger partial charge in [0.25, 0.3) is 0 Å². The molecule has 1 saturated carbocycles. The minimum Gasteiger partial charge on any atom is -0.457 e. The van der Waals surface area contributed by atoms with Crippen LogP contribution >= 0.6 is 0 Å². The Morgan fingerprint density at radius 3 is 2.61 bits per heavy atom. The van der Waals surface area contributed by atoms with E-state index in [0.717, 1.165) is 23.2 Å². The third-order valence-corrected chi connectivity index (χ3v) is 4.41. The zero-order valence-corrected chi connectivity index (χ0v) is 10.9. The Kier molecular flexibility index (Phi) is 2.77. The van der Waals surface area contributed by atoms with E-state index in [1.54, 1.807) is 0 Å². The number of hydrogen-bond donors (Lipinski definition) is 0. The Balaban J connectivity index is 2.00. The molecule has 0 aromatic carbocycles. The van der Waals surface area contributed by atoms with E-state index in [1.807, 2.05) is 6.08 Å². The summed E-state index contributed by atoms with van der Waals surface area (Å²) in [5.74, 6) is 0. The fourth-order valence-electron chi connectivity index (χ4n) is 3.48. The SMILES string of the molecule is C=CC(=C)CC1(c2cc3ccc2o3)CCCCC1. The predicted molar refractivity (Wildman–Crippen MR) is 76.1 cm³/mol. The van der Waals surface area contributed by atoms with E-state index >= 15 is 0 Å². The lowest BCUT2D eigenvalue weighted by molar-refractivity contribution is 0.293. The average molecular weight is 240 g/mol. The fraction of sp³-hybridized carbons (Fsp3) is 0.412. The lowest BCUT2D eigenvalue weighted by atomic mass is 9.66. The lowest BCUT2D eigenvalue weighted by Crippen LogP contribution is -2.29. The molecule has 2 heterocycles. The van der Waals surface area contributed by atoms with Crippen LogP contribution in [0.3, 0.4) is 0 Å². The molecule has 0 amide bonds. The molecule has 1 heteroatoms. The van der Waals surface area contributed by atoms with Crippen LogP contribution in [-0.4, -0.2) is 0 Å². The predicted octanol–water partition coefficient (Wildman–Crippen LogP) is 5.20. The standard InChI is InChI=1S/C17H20O/c1-3-13(2)12-17(9-5-4-6-10-17)15-11-14-7-8-16(15)18-14/h3,7-8,11H,1-2,4-6,9-10,12H2. The Morgan fingerprint density at radius 1 is 1.28 bits per heavy atom. The largest absolute Gasteiger partial charge is 0.457 e. The van der Waals surface area contributed by atoms with Crippen LogP contribution in [0.2, 0.25) is 0 Å². The molecule has 94 valence electrons. The molecule has 1 aliphatic carbocycles. The van der Waals surface area contributed by atoms with Gasteiger partial charge in [0.05, 0.1) is 0 Å². The van der Waals surface area contributed by atoms with Crippen LogP contribution in [-0.2, 0) is 5.41 Å². The van der Waals surface area contributed by atoms with Crippen molar-refractivity contribution in [1.29, 1.82) is 0 Å². The van der Waals surface area contributed by atoms with Gasteiger partial charge in [0, 0.05) is 11.0 Å². The van der Waals surface area contributed by atoms with Crippen LogP contribution in [0.25, 0.3) is 11.2 Å². The van der Waals surface area contributed by atoms with Crippen molar-refractivity contribution in [3.63, 3.8) is 0 Å². The Hall–Kier alpha value is -1.50. The first-order chi connectivity index (χ1) is 8.73. The van der Waals surface area contributed by atoms with E-state index in [0.29, 0.717) is 0 Å². The molecule has 0 radical (unpaired) electrons. The van der Waals surface area contributed by atoms with Crippen molar-refractivity contribution in [3.8, 4) is 0 Å². The average Bonchev–Trinajstić information content (AvgIpc) is 3.02. The minimum absolute atomic E-state index is 0.241. The third-order valence-electron chi connectivity index (χ3n) is 4.41. The Bertz CT molecular complexity index is 554. The second-order valence-electron chi connectivity index (χ2n) is 5.64. The molecule has 2 bridgehead atoms. The van der Waals surface area contributed by atoms with Crippen LogP contribution in [0.5, 0.6) is 0 Å². The van der Waals surface area contributed by atoms with Crippen molar-refractivity contribution in [2.24, 2.45) is 0 Å². The number of benzene rings is 1. The van der Waals surface area contributed by atoms with Gasteiger partial charge in [-0.3, -0.25) is 0 Å². The van der Waals surface area contributed by atoms with Crippen LogP contribution in [0.15, 0.2) is 47.4 Å². The molecule has 0 saturated heterocycles. The molecule has 3 rings (SSSR count). The van der Waals surface area contributed by atoms with Gasteiger partial charge in [0.15, 0.2) is 0 Å². The molecule has 2 aromatic rings. The summed E-state index contributed by atoms with van der Waals surface area (Å²) in [5, 5.41) is 0. The maximum Gasteiger partial charge on any atom is 0.131 e. The summed E-state index contributed by atoms with van der Waals surface area (Å²) >= 11 is 0. The van der Waals surface area contributed by atoms with Gasteiger partial charge in [-0.15, -0.1) is 0 Å². The van der Waals surface area contributed by atoms with Crippen molar-refractivity contribution < 1.29 is 4.42 Å². The van der Waals surface area contributed by atoms with Crippen molar-refractivity contribution in [3.05, 3.63) is 48.6 Å². The van der Waals surface area contributed by atoms with E-state index in [9.17, 15) is 0 Å². The van der Waals surface area contributed by atoms with Crippen molar-refractivity contribution in [1.82, 2.24) is 0 Å². The van der Waals surface area contributed by atoms with Gasteiger partial charge in [-0.05, 0) is 37.5 Å². The molecule has 0 unspecified atom stereocenters. The first-order valence-electron chi connectivity index (χ1n) is 6.86. The number of furan rings is 2. The molecule has 0 aliphatic heterocycles. The summed E-state index contributed by atoms with van der Waals surface area (Å²) in [6, 6.07) is 6.40. The molecular formula is C17H20O. The van der Waals surface area contributed by atoms with Crippen LogP contribution in [0.1, 0.15) is 44.1 Å². The van der Waals surface area contributed by atoms with E-state index in [1.165, 1.54) is 37.7 Å². The first-order valence-corrected chi connectivity index (χ1v) is 6.86. The lowest BCUT2D eigenvalue weighted by Gasteiger charge is -2.37. The van der Waals surface area contributed by atoms with E-state index in [4.69, 9.17) is 4.42 Å². The molecule has 2 aromatic heterocycles. The van der Waals surface area contributed by atoms with E-state index in [2.05, 4.69) is 31.4 Å². The molecule has 0 atom stereocenters. The van der Waals surface area contributed by atoms with Crippen molar-refractivity contribution in [2.45, 2.75) is 43.9 Å². The van der Waals surface area contributed by atoms with E-state index in [-0.39, 0.29) is 5.41 Å². The fourth-order valence-corrected chi connectivity index (χ4v) is 3.48. The monoisotopic (exact) mass is 240 g/mol. The maximum atomic E-state index is 5.75. The normalized spacial score (nSPS) is 19.1. The van der Waals surface area contributed by atoms with Gasteiger partial charge in [-0.1, -0.05) is 44.1 Å². The molecular weight excluding hydrogens is 220 g/mol. The zero-order valence-electron chi connectivity index (χ0n) is 10.9. The molecule has 0 N–H and O–H groups in total. The molecule has 1 aliphatic rings. The third kappa shape index (κ3) is 1.78. The molecule has 1 fully saturated rings. The van der Waals surface area contributed by atoms with Gasteiger partial charge < -0.3 is 4.42 Å². The molecule has 18 heavy (non-hydrogen) atoms. The summed E-state index contributed by atoms with van der Waals surface area (Å²) in [6.45, 7) is 7.98. The summed E-state index contributed by atoms with van der Waals surface area (Å²) in [6.07, 6.45) is 9.41. The van der Waals surface area contributed by atoms with Crippen molar-refractivity contribution >= 4 is 11.2 Å². The van der Waals surface area contributed by atoms with Gasteiger partial charge in [-0.2, -0.15) is 0 Å². The smallest absolute Gasteiger partial charge is 0.131 e. The minimum atomic E-state index is 0.241. The van der Waals surface area contributed by atoms with Gasteiger partial charge in [0.1, 0.15) is 11.2 Å². The summed E-state index contributed by atoms with van der Waals surface area (Å²) in [7, 11) is 0. The van der Waals surface area contributed by atoms with Gasteiger partial charge in [-0.25, -0.2) is 0 Å². The molecule has 1 nitrogen and oxygen atoms in total. The topological polar surface area (TPSA) is 13.1 Å². The quantitative estimate of drug-likeness (QED) is 0.669. The highest BCUT2D eigenvalue weighted by molar-refractivity contribution is 5.68. The van der Waals surface area contributed by atoms with Gasteiger partial charge >= 0.3 is 0 Å². The van der Waals surface area contributed by atoms with Crippen molar-refractivity contribution in [2.75, 3.05) is 0 Å².